The summed E-state index contributed by atoms with van der Waals surface area (Å²) in [6.07, 6.45) is 0.906. The number of thioether (sulfide) groups is 1. The van der Waals surface area contributed by atoms with Crippen LogP contribution in [0.5, 0.6) is 5.75 Å². The van der Waals surface area contributed by atoms with Crippen LogP contribution >= 0.6 is 11.8 Å². The van der Waals surface area contributed by atoms with Crippen LogP contribution in [0.4, 0.5) is 5.69 Å². The van der Waals surface area contributed by atoms with Crippen LogP contribution in [0.25, 0.3) is 0 Å². The summed E-state index contributed by atoms with van der Waals surface area (Å²) < 4.78 is 5.09. The molecule has 6 nitrogen and oxygen atoms in total. The Morgan fingerprint density at radius 1 is 1.19 bits per heavy atom. The molecule has 3 rings (SSSR count). The summed E-state index contributed by atoms with van der Waals surface area (Å²) in [6, 6.07) is 17.1. The first kappa shape index (κ1) is 19.0. The van der Waals surface area contributed by atoms with Gasteiger partial charge in [0.25, 0.3) is 0 Å². The Hall–Kier alpha value is -2.80. The molecule has 1 atom stereocenters. The van der Waals surface area contributed by atoms with Crippen molar-refractivity contribution in [3.63, 3.8) is 0 Å². The van der Waals surface area contributed by atoms with E-state index < -0.39 is 5.25 Å². The molecule has 1 aliphatic heterocycles. The number of carbonyl (C=O) groups is 2. The molecular weight excluding hydrogens is 362 g/mol. The Morgan fingerprint density at radius 3 is 2.63 bits per heavy atom. The zero-order chi connectivity index (χ0) is 19.1. The number of hydrogen-bond acceptors (Lipinski definition) is 5. The van der Waals surface area contributed by atoms with E-state index in [-0.39, 0.29) is 18.2 Å². The molecular formula is C20H21N3O3S. The summed E-state index contributed by atoms with van der Waals surface area (Å²) in [6.45, 7) is 0.595. The first-order valence-electron chi connectivity index (χ1n) is 8.64. The Morgan fingerprint density at radius 2 is 1.93 bits per heavy atom. The molecule has 27 heavy (non-hydrogen) atoms. The molecule has 1 saturated heterocycles. The summed E-state index contributed by atoms with van der Waals surface area (Å²) in [7, 11) is 1.59. The first-order chi connectivity index (χ1) is 13.1. The predicted octanol–water partition coefficient (Wildman–Crippen LogP) is 2.85. The highest BCUT2D eigenvalue weighted by atomic mass is 32.2. The van der Waals surface area contributed by atoms with Crippen molar-refractivity contribution in [2.24, 2.45) is 4.99 Å². The zero-order valence-electron chi connectivity index (χ0n) is 15.0. The van der Waals surface area contributed by atoms with Gasteiger partial charge < -0.3 is 15.4 Å². The topological polar surface area (TPSA) is 79.8 Å². The fourth-order valence-electron chi connectivity index (χ4n) is 2.60. The number of anilines is 1. The van der Waals surface area contributed by atoms with E-state index in [0.29, 0.717) is 17.4 Å². The van der Waals surface area contributed by atoms with Crippen molar-refractivity contribution in [1.82, 2.24) is 5.32 Å². The predicted molar refractivity (Wildman–Crippen MR) is 108 cm³/mol. The van der Waals surface area contributed by atoms with Gasteiger partial charge in [0, 0.05) is 18.7 Å². The van der Waals surface area contributed by atoms with Crippen LogP contribution in [-0.4, -0.2) is 35.9 Å². The number of aliphatic imine (C=N–C) groups is 1. The standard InChI is InChI=1S/C20H21N3O3S/c1-26-16-9-7-15(8-10-16)22-18(24)13-17-19(25)23-20(27-17)21-12-11-14-5-3-2-4-6-14/h2-10,17H,11-13H2,1H3,(H,22,24)(H,21,23,25)/t17-/m0/s1. The number of amides is 2. The van der Waals surface area contributed by atoms with Crippen molar-refractivity contribution in [2.45, 2.75) is 18.1 Å². The van der Waals surface area contributed by atoms with Gasteiger partial charge in [0.2, 0.25) is 11.8 Å². The van der Waals surface area contributed by atoms with Gasteiger partial charge in [0.15, 0.2) is 5.17 Å². The van der Waals surface area contributed by atoms with Gasteiger partial charge >= 0.3 is 0 Å². The molecule has 140 valence electrons. The van der Waals surface area contributed by atoms with Crippen LogP contribution in [0, 0.1) is 0 Å². The molecule has 7 heteroatoms. The highest BCUT2D eigenvalue weighted by Crippen LogP contribution is 2.23. The van der Waals surface area contributed by atoms with Gasteiger partial charge in [-0.2, -0.15) is 0 Å². The van der Waals surface area contributed by atoms with Gasteiger partial charge in [-0.15, -0.1) is 0 Å². The van der Waals surface area contributed by atoms with Crippen LogP contribution in [0.15, 0.2) is 59.6 Å². The number of methoxy groups -OCH3 is 1. The van der Waals surface area contributed by atoms with Gasteiger partial charge in [-0.25, -0.2) is 0 Å². The summed E-state index contributed by atoms with van der Waals surface area (Å²) in [5, 5.41) is 5.67. The summed E-state index contributed by atoms with van der Waals surface area (Å²) >= 11 is 1.31. The van der Waals surface area contributed by atoms with E-state index in [2.05, 4.69) is 15.6 Å². The average Bonchev–Trinajstić information content (AvgIpc) is 3.02. The third kappa shape index (κ3) is 5.59. The highest BCUT2D eigenvalue weighted by Gasteiger charge is 2.31. The van der Waals surface area contributed by atoms with Crippen molar-refractivity contribution in [1.29, 1.82) is 0 Å². The van der Waals surface area contributed by atoms with E-state index in [1.807, 2.05) is 30.3 Å². The Kier molecular flexibility index (Phi) is 6.49. The van der Waals surface area contributed by atoms with E-state index in [1.54, 1.807) is 31.4 Å². The minimum absolute atomic E-state index is 0.0975. The maximum Gasteiger partial charge on any atom is 0.240 e. The largest absolute Gasteiger partial charge is 0.497 e. The minimum atomic E-state index is -0.460. The first-order valence-corrected chi connectivity index (χ1v) is 9.52. The zero-order valence-corrected chi connectivity index (χ0v) is 15.8. The number of ether oxygens (including phenoxy) is 1. The monoisotopic (exact) mass is 383 g/mol. The lowest BCUT2D eigenvalue weighted by Gasteiger charge is -2.08. The van der Waals surface area contributed by atoms with Gasteiger partial charge in [0.1, 0.15) is 11.0 Å². The average molecular weight is 383 g/mol. The van der Waals surface area contributed by atoms with Crippen LogP contribution in [0.3, 0.4) is 0 Å². The van der Waals surface area contributed by atoms with Crippen molar-refractivity contribution >= 4 is 34.4 Å². The number of nitrogens with one attached hydrogen (secondary N) is 2. The second kappa shape index (κ2) is 9.23. The van der Waals surface area contributed by atoms with E-state index in [0.717, 1.165) is 12.2 Å². The van der Waals surface area contributed by atoms with Crippen molar-refractivity contribution in [3.05, 3.63) is 60.2 Å². The lowest BCUT2D eigenvalue weighted by molar-refractivity contribution is -0.122. The third-order valence-electron chi connectivity index (χ3n) is 4.02. The molecule has 1 fully saturated rings. The normalized spacial score (nSPS) is 17.6. The number of rotatable bonds is 7. The second-order valence-corrected chi connectivity index (χ2v) is 7.19. The molecule has 1 aliphatic rings. The number of carbonyl (C=O) groups excluding carboxylic acids is 2. The van der Waals surface area contributed by atoms with Gasteiger partial charge in [0.05, 0.1) is 7.11 Å². The lowest BCUT2D eigenvalue weighted by Crippen LogP contribution is -2.28. The highest BCUT2D eigenvalue weighted by molar-refractivity contribution is 8.15. The minimum Gasteiger partial charge on any atom is -0.497 e. The van der Waals surface area contributed by atoms with Crippen LogP contribution < -0.4 is 15.4 Å². The van der Waals surface area contributed by atoms with Crippen molar-refractivity contribution in [3.8, 4) is 5.75 Å². The molecule has 2 aromatic carbocycles. The summed E-state index contributed by atoms with van der Waals surface area (Å²) in [5.41, 5.74) is 1.87. The van der Waals surface area contributed by atoms with E-state index in [4.69, 9.17) is 4.74 Å². The van der Waals surface area contributed by atoms with E-state index >= 15 is 0 Å². The smallest absolute Gasteiger partial charge is 0.240 e. The molecule has 0 aliphatic carbocycles. The van der Waals surface area contributed by atoms with Crippen LogP contribution in [0.1, 0.15) is 12.0 Å². The molecule has 0 unspecified atom stereocenters. The molecule has 1 heterocycles. The fraction of sp³-hybridized carbons (Fsp3) is 0.250. The number of benzene rings is 2. The molecule has 2 amide bonds. The SMILES string of the molecule is COc1ccc(NC(=O)C[C@@H]2SC(=NCCc3ccccc3)NC2=O)cc1. The Balaban J connectivity index is 1.48. The lowest BCUT2D eigenvalue weighted by atomic mass is 10.2. The molecule has 2 aromatic rings. The van der Waals surface area contributed by atoms with Crippen molar-refractivity contribution in [2.75, 3.05) is 19.0 Å². The van der Waals surface area contributed by atoms with Crippen LogP contribution in [0.2, 0.25) is 0 Å². The summed E-state index contributed by atoms with van der Waals surface area (Å²) in [4.78, 5) is 28.7. The molecule has 0 saturated carbocycles. The van der Waals surface area contributed by atoms with Gasteiger partial charge in [-0.1, -0.05) is 42.1 Å². The Labute approximate surface area is 162 Å². The summed E-state index contributed by atoms with van der Waals surface area (Å²) in [5.74, 6) is 0.330. The number of hydrogen-bond donors (Lipinski definition) is 2. The maximum atomic E-state index is 12.2. The number of amidine groups is 1. The van der Waals surface area contributed by atoms with Crippen LogP contribution in [-0.2, 0) is 16.0 Å². The van der Waals surface area contributed by atoms with Crippen molar-refractivity contribution < 1.29 is 14.3 Å². The molecule has 0 radical (unpaired) electrons. The van der Waals surface area contributed by atoms with E-state index in [9.17, 15) is 9.59 Å². The Bertz CT molecular complexity index is 822. The second-order valence-electron chi connectivity index (χ2n) is 6.00. The quantitative estimate of drug-likeness (QED) is 0.771. The molecule has 0 aromatic heterocycles. The molecule has 0 spiro atoms. The third-order valence-corrected chi connectivity index (χ3v) is 5.14. The molecule has 2 N–H and O–H groups in total. The van der Waals surface area contributed by atoms with Gasteiger partial charge in [-0.3, -0.25) is 14.6 Å². The van der Waals surface area contributed by atoms with Gasteiger partial charge in [-0.05, 0) is 36.2 Å². The maximum absolute atomic E-state index is 12.2. The fourth-order valence-corrected chi connectivity index (χ4v) is 3.60. The molecule has 0 bridgehead atoms. The van der Waals surface area contributed by atoms with E-state index in [1.165, 1.54) is 17.3 Å². The number of nitrogens with zero attached hydrogens (tertiary/aromatic N) is 1.